The molecule has 0 unspecified atom stereocenters. The fourth-order valence-electron chi connectivity index (χ4n) is 1.42. The number of carbonyl (C=O) groups excluding carboxylic acids is 1. The van der Waals surface area contributed by atoms with Crippen molar-refractivity contribution in [1.29, 1.82) is 0 Å². The highest BCUT2D eigenvalue weighted by atomic mass is 16.5. The molecule has 1 N–H and O–H groups in total. The Bertz CT molecular complexity index is 136. The largest absolute Gasteiger partial charge is 0.379 e. The van der Waals surface area contributed by atoms with Crippen molar-refractivity contribution in [1.82, 2.24) is 10.2 Å². The summed E-state index contributed by atoms with van der Waals surface area (Å²) in [7, 11) is 0. The molecule has 1 aliphatic heterocycles. The van der Waals surface area contributed by atoms with Crippen molar-refractivity contribution in [2.75, 3.05) is 39.4 Å². The van der Waals surface area contributed by atoms with Crippen molar-refractivity contribution < 1.29 is 9.53 Å². The van der Waals surface area contributed by atoms with Gasteiger partial charge in [0.15, 0.2) is 0 Å². The van der Waals surface area contributed by atoms with Gasteiger partial charge in [-0.1, -0.05) is 0 Å². The first-order valence-electron chi connectivity index (χ1n) is 4.83. The quantitative estimate of drug-likeness (QED) is 0.458. The second kappa shape index (κ2) is 6.86. The monoisotopic (exact) mass is 185 g/mol. The second-order valence-corrected chi connectivity index (χ2v) is 3.19. The minimum Gasteiger partial charge on any atom is -0.379 e. The van der Waals surface area contributed by atoms with Gasteiger partial charge in [-0.15, -0.1) is 0 Å². The third-order valence-corrected chi connectivity index (χ3v) is 2.20. The molecule has 1 saturated heterocycles. The topological polar surface area (TPSA) is 41.6 Å². The normalized spacial score (nSPS) is 18.5. The molecule has 0 saturated carbocycles. The predicted octanol–water partition coefficient (Wildman–Crippen LogP) is -0.244. The maximum atomic E-state index is 9.81. The van der Waals surface area contributed by atoms with Crippen molar-refractivity contribution >= 4 is 6.41 Å². The van der Waals surface area contributed by atoms with E-state index in [1.165, 1.54) is 0 Å². The Balaban J connectivity index is 1.89. The Labute approximate surface area is 79.2 Å². The predicted molar refractivity (Wildman–Crippen MR) is 50.2 cm³/mol. The summed E-state index contributed by atoms with van der Waals surface area (Å²) in [5.74, 6) is 0. The number of ether oxygens (including phenoxy) is 1. The average Bonchev–Trinajstić information content (AvgIpc) is 2.19. The lowest BCUT2D eigenvalue weighted by Crippen LogP contribution is -2.37. The van der Waals surface area contributed by atoms with Gasteiger partial charge in [-0.25, -0.2) is 0 Å². The molecule has 75 valence electrons. The third-order valence-electron chi connectivity index (χ3n) is 2.20. The number of rotatable bonds is 6. The van der Waals surface area contributed by atoms with E-state index in [-0.39, 0.29) is 0 Å². The molecule has 1 aliphatic rings. The summed E-state index contributed by atoms with van der Waals surface area (Å²) in [6.45, 7) is 5.68. The Morgan fingerprint density at radius 2 is 2.08 bits per heavy atom. The molecule has 1 radical (unpaired) electrons. The van der Waals surface area contributed by atoms with E-state index in [0.717, 1.165) is 52.2 Å². The van der Waals surface area contributed by atoms with Crippen LogP contribution < -0.4 is 5.32 Å². The summed E-state index contributed by atoms with van der Waals surface area (Å²) in [6, 6.07) is 0. The first-order chi connectivity index (χ1) is 6.43. The van der Waals surface area contributed by atoms with E-state index in [1.54, 1.807) is 6.41 Å². The van der Waals surface area contributed by atoms with Gasteiger partial charge in [0.2, 0.25) is 0 Å². The smallest absolute Gasteiger partial charge is 0.309 e. The third kappa shape index (κ3) is 4.85. The van der Waals surface area contributed by atoms with Crippen LogP contribution in [0.25, 0.3) is 0 Å². The number of amides is 1. The van der Waals surface area contributed by atoms with Gasteiger partial charge < -0.3 is 10.1 Å². The van der Waals surface area contributed by atoms with Crippen LogP contribution >= 0.6 is 0 Å². The summed E-state index contributed by atoms with van der Waals surface area (Å²) in [6.07, 6.45) is 3.84. The van der Waals surface area contributed by atoms with Crippen molar-refractivity contribution in [3.05, 3.63) is 0 Å². The van der Waals surface area contributed by atoms with Gasteiger partial charge in [0.25, 0.3) is 0 Å². The lowest BCUT2D eigenvalue weighted by molar-refractivity contribution is 0.0372. The van der Waals surface area contributed by atoms with Crippen LogP contribution in [0.15, 0.2) is 0 Å². The molecular formula is C9H17N2O2. The van der Waals surface area contributed by atoms with Gasteiger partial charge in [-0.2, -0.15) is 0 Å². The Kier molecular flexibility index (Phi) is 5.52. The van der Waals surface area contributed by atoms with Crippen LogP contribution in [-0.4, -0.2) is 50.7 Å². The van der Waals surface area contributed by atoms with E-state index in [0.29, 0.717) is 0 Å². The van der Waals surface area contributed by atoms with Gasteiger partial charge >= 0.3 is 6.41 Å². The maximum absolute atomic E-state index is 9.81. The Hall–Kier alpha value is -0.610. The summed E-state index contributed by atoms with van der Waals surface area (Å²) < 4.78 is 5.24. The van der Waals surface area contributed by atoms with Gasteiger partial charge in [0, 0.05) is 19.6 Å². The Morgan fingerprint density at radius 3 is 2.77 bits per heavy atom. The van der Waals surface area contributed by atoms with Crippen molar-refractivity contribution in [2.45, 2.75) is 12.8 Å². The lowest BCUT2D eigenvalue weighted by Gasteiger charge is -2.26. The van der Waals surface area contributed by atoms with E-state index in [9.17, 15) is 4.79 Å². The average molecular weight is 185 g/mol. The lowest BCUT2D eigenvalue weighted by atomic mass is 10.3. The first kappa shape index (κ1) is 10.5. The molecule has 0 spiro atoms. The van der Waals surface area contributed by atoms with Gasteiger partial charge in [-0.3, -0.25) is 9.69 Å². The summed E-state index contributed by atoms with van der Waals surface area (Å²) in [4.78, 5) is 12.2. The zero-order valence-corrected chi connectivity index (χ0v) is 7.92. The molecule has 0 aromatic rings. The minimum atomic E-state index is 0.744. The van der Waals surface area contributed by atoms with Crippen LogP contribution in [0.3, 0.4) is 0 Å². The number of hydrogen-bond acceptors (Lipinski definition) is 3. The first-order valence-corrected chi connectivity index (χ1v) is 4.83. The molecule has 0 atom stereocenters. The molecule has 0 aromatic heterocycles. The highest BCUT2D eigenvalue weighted by Gasteiger charge is 2.08. The maximum Gasteiger partial charge on any atom is 0.309 e. The number of morpholine rings is 1. The minimum absolute atomic E-state index is 0.744. The summed E-state index contributed by atoms with van der Waals surface area (Å²) in [5, 5.41) is 2.54. The zero-order chi connectivity index (χ0) is 9.36. The van der Waals surface area contributed by atoms with E-state index in [4.69, 9.17) is 4.74 Å². The fraction of sp³-hybridized carbons (Fsp3) is 0.889. The molecule has 4 heteroatoms. The van der Waals surface area contributed by atoms with E-state index >= 15 is 0 Å². The number of hydrogen-bond donors (Lipinski definition) is 1. The number of nitrogens with zero attached hydrogens (tertiary/aromatic N) is 1. The molecule has 1 heterocycles. The highest BCUT2D eigenvalue weighted by Crippen LogP contribution is 1.99. The van der Waals surface area contributed by atoms with E-state index in [1.807, 2.05) is 0 Å². The van der Waals surface area contributed by atoms with E-state index < -0.39 is 0 Å². The molecule has 0 bridgehead atoms. The zero-order valence-electron chi connectivity index (χ0n) is 7.92. The van der Waals surface area contributed by atoms with Gasteiger partial charge in [0.1, 0.15) is 0 Å². The molecule has 13 heavy (non-hydrogen) atoms. The summed E-state index contributed by atoms with van der Waals surface area (Å²) in [5.41, 5.74) is 0. The van der Waals surface area contributed by atoms with Crippen LogP contribution in [0.1, 0.15) is 12.8 Å². The van der Waals surface area contributed by atoms with Gasteiger partial charge in [-0.05, 0) is 19.4 Å². The van der Waals surface area contributed by atoms with E-state index in [2.05, 4.69) is 10.2 Å². The van der Waals surface area contributed by atoms with Crippen molar-refractivity contribution in [3.63, 3.8) is 0 Å². The number of nitrogens with one attached hydrogen (secondary N) is 1. The highest BCUT2D eigenvalue weighted by molar-refractivity contribution is 5.46. The van der Waals surface area contributed by atoms with Crippen LogP contribution in [0.5, 0.6) is 0 Å². The number of unbranched alkanes of at least 4 members (excludes halogenated alkanes) is 1. The summed E-state index contributed by atoms with van der Waals surface area (Å²) >= 11 is 0. The molecule has 1 amide bonds. The molecule has 1 fully saturated rings. The van der Waals surface area contributed by atoms with Gasteiger partial charge in [0.05, 0.1) is 13.2 Å². The standard InChI is InChI=1S/C9H17N2O2/c12-9-10-3-1-2-4-11-5-7-13-8-6-11/h1-8H2,(H,10,12). The molecule has 0 aliphatic carbocycles. The van der Waals surface area contributed by atoms with Crippen molar-refractivity contribution in [2.24, 2.45) is 0 Å². The second-order valence-electron chi connectivity index (χ2n) is 3.19. The molecule has 1 rings (SSSR count). The molecule has 4 nitrogen and oxygen atoms in total. The van der Waals surface area contributed by atoms with Crippen LogP contribution in [0.4, 0.5) is 0 Å². The SMILES string of the molecule is O=[C]NCCCCN1CCOCC1. The van der Waals surface area contributed by atoms with Crippen molar-refractivity contribution in [3.8, 4) is 0 Å². The molecule has 0 aromatic carbocycles. The fourth-order valence-corrected chi connectivity index (χ4v) is 1.42. The molecular weight excluding hydrogens is 168 g/mol. The Morgan fingerprint density at radius 1 is 1.31 bits per heavy atom. The van der Waals surface area contributed by atoms with Crippen LogP contribution in [-0.2, 0) is 9.53 Å². The van der Waals surface area contributed by atoms with Crippen LogP contribution in [0, 0.1) is 0 Å². The van der Waals surface area contributed by atoms with Crippen LogP contribution in [0.2, 0.25) is 0 Å².